The molecule has 0 radical (unpaired) electrons. The molecule has 0 aliphatic carbocycles. The fourth-order valence-corrected chi connectivity index (χ4v) is 3.79. The van der Waals surface area contributed by atoms with Gasteiger partial charge in [0.2, 0.25) is 0 Å². The molecule has 25 heavy (non-hydrogen) atoms. The second kappa shape index (κ2) is 8.49. The van der Waals surface area contributed by atoms with Crippen molar-refractivity contribution in [1.82, 2.24) is 4.90 Å². The van der Waals surface area contributed by atoms with Crippen LogP contribution in [0.3, 0.4) is 0 Å². The van der Waals surface area contributed by atoms with Crippen molar-refractivity contribution in [3.63, 3.8) is 0 Å². The average Bonchev–Trinajstić information content (AvgIpc) is 2.80. The minimum atomic E-state index is -1.30. The molecule has 134 valence electrons. The first-order chi connectivity index (χ1) is 11.8. The highest BCUT2D eigenvalue weighted by Crippen LogP contribution is 2.35. The van der Waals surface area contributed by atoms with Crippen LogP contribution in [0.2, 0.25) is 0 Å². The number of carbonyl (C=O) groups excluding carboxylic acids is 2. The first-order valence-electron chi connectivity index (χ1n) is 8.06. The normalized spacial score (nSPS) is 17.4. The lowest BCUT2D eigenvalue weighted by Gasteiger charge is -2.30. The summed E-state index contributed by atoms with van der Waals surface area (Å²) in [5.41, 5.74) is 0.795. The molecule has 1 heterocycles. The van der Waals surface area contributed by atoms with Crippen LogP contribution in [-0.4, -0.2) is 33.7 Å². The number of benzene rings is 1. The van der Waals surface area contributed by atoms with Crippen molar-refractivity contribution in [3.8, 4) is 5.75 Å². The maximum Gasteiger partial charge on any atom is 0.266 e. The fourth-order valence-electron chi connectivity index (χ4n) is 2.46. The number of ether oxygens (including phenoxy) is 1. The maximum atomic E-state index is 12.7. The van der Waals surface area contributed by atoms with Gasteiger partial charge in [0, 0.05) is 0 Å². The highest BCUT2D eigenvalue weighted by atomic mass is 32.2. The number of hydrogen-bond donors (Lipinski definition) is 0. The van der Waals surface area contributed by atoms with Gasteiger partial charge in [-0.15, -0.1) is 0 Å². The largest absolute Gasteiger partial charge is 0.548 e. The van der Waals surface area contributed by atoms with E-state index < -0.39 is 17.9 Å². The van der Waals surface area contributed by atoms with E-state index in [9.17, 15) is 14.7 Å². The molecule has 0 saturated carbocycles. The van der Waals surface area contributed by atoms with E-state index in [4.69, 9.17) is 17.0 Å². The molecule has 1 aromatic rings. The van der Waals surface area contributed by atoms with E-state index in [0.29, 0.717) is 11.5 Å². The van der Waals surface area contributed by atoms with Crippen LogP contribution < -0.4 is 9.84 Å². The van der Waals surface area contributed by atoms with Gasteiger partial charge in [-0.3, -0.25) is 9.69 Å². The Morgan fingerprint density at radius 3 is 2.76 bits per heavy atom. The van der Waals surface area contributed by atoms with Crippen molar-refractivity contribution < 1.29 is 19.4 Å². The van der Waals surface area contributed by atoms with Crippen LogP contribution in [0.5, 0.6) is 5.75 Å². The summed E-state index contributed by atoms with van der Waals surface area (Å²) < 4.78 is 5.82. The molecule has 7 heteroatoms. The molecular weight excluding hydrogens is 358 g/mol. The molecule has 1 aliphatic heterocycles. The Morgan fingerprint density at radius 1 is 1.44 bits per heavy atom. The highest BCUT2D eigenvalue weighted by molar-refractivity contribution is 8.26. The standard InChI is InChI=1S/C18H21NO4S2/c1-4-8-23-13-7-5-6-12(9-13)10-14-16(20)19(18(24)25-14)15(11(2)3)17(21)22/h5-7,9-11,15H,4,8H2,1-3H3,(H,21,22)/p-1/b14-10+/t15-/m1/s1. The van der Waals surface area contributed by atoms with Crippen LogP contribution in [0.1, 0.15) is 32.8 Å². The molecule has 0 unspecified atom stereocenters. The molecule has 1 amide bonds. The Labute approximate surface area is 157 Å². The van der Waals surface area contributed by atoms with E-state index in [-0.39, 0.29) is 10.2 Å². The van der Waals surface area contributed by atoms with E-state index in [2.05, 4.69) is 0 Å². The number of thiocarbonyl (C=S) groups is 1. The third-order valence-electron chi connectivity index (χ3n) is 3.60. The second-order valence-electron chi connectivity index (χ2n) is 5.98. The fraction of sp³-hybridized carbons (Fsp3) is 0.389. The number of carbonyl (C=O) groups is 2. The zero-order chi connectivity index (χ0) is 18.6. The molecule has 1 saturated heterocycles. The number of thioether (sulfide) groups is 1. The van der Waals surface area contributed by atoms with Crippen molar-refractivity contribution in [1.29, 1.82) is 0 Å². The van der Waals surface area contributed by atoms with Crippen molar-refractivity contribution in [2.45, 2.75) is 33.2 Å². The number of aliphatic carboxylic acids is 1. The van der Waals surface area contributed by atoms with E-state index in [0.717, 1.165) is 34.4 Å². The molecule has 1 aliphatic rings. The van der Waals surface area contributed by atoms with Gasteiger partial charge >= 0.3 is 0 Å². The van der Waals surface area contributed by atoms with Crippen LogP contribution in [0.15, 0.2) is 29.2 Å². The number of rotatable bonds is 7. The number of amides is 1. The Kier molecular flexibility index (Phi) is 6.61. The molecule has 2 rings (SSSR count). The molecule has 0 spiro atoms. The molecule has 0 aromatic heterocycles. The van der Waals surface area contributed by atoms with Gasteiger partial charge in [0.25, 0.3) is 5.91 Å². The molecule has 1 atom stereocenters. The van der Waals surface area contributed by atoms with Gasteiger partial charge < -0.3 is 14.6 Å². The van der Waals surface area contributed by atoms with Crippen molar-refractivity contribution in [3.05, 3.63) is 34.7 Å². The number of carboxylic acid groups (broad SMARTS) is 1. The Morgan fingerprint density at radius 2 is 2.16 bits per heavy atom. The number of hydrogen-bond acceptors (Lipinski definition) is 6. The van der Waals surface area contributed by atoms with Crippen molar-refractivity contribution >= 4 is 46.3 Å². The smallest absolute Gasteiger partial charge is 0.266 e. The summed E-state index contributed by atoms with van der Waals surface area (Å²) in [4.78, 5) is 25.6. The lowest BCUT2D eigenvalue weighted by atomic mass is 10.0. The average molecular weight is 378 g/mol. The zero-order valence-corrected chi connectivity index (χ0v) is 16.0. The van der Waals surface area contributed by atoms with E-state index >= 15 is 0 Å². The lowest BCUT2D eigenvalue weighted by Crippen LogP contribution is -2.52. The van der Waals surface area contributed by atoms with Gasteiger partial charge in [0.05, 0.1) is 23.5 Å². The van der Waals surface area contributed by atoms with Gasteiger partial charge in [0.15, 0.2) is 0 Å². The first kappa shape index (κ1) is 19.5. The quantitative estimate of drug-likeness (QED) is 0.536. The third kappa shape index (κ3) is 4.61. The predicted octanol–water partition coefficient (Wildman–Crippen LogP) is 2.45. The lowest BCUT2D eigenvalue weighted by molar-refractivity contribution is -0.311. The Bertz CT molecular complexity index is 715. The van der Waals surface area contributed by atoms with Crippen LogP contribution >= 0.6 is 24.0 Å². The summed E-state index contributed by atoms with van der Waals surface area (Å²) in [6.45, 7) is 6.08. The van der Waals surface area contributed by atoms with Crippen LogP contribution in [0, 0.1) is 5.92 Å². The van der Waals surface area contributed by atoms with Crippen molar-refractivity contribution in [2.75, 3.05) is 6.61 Å². The van der Waals surface area contributed by atoms with Gasteiger partial charge in [-0.1, -0.05) is 56.9 Å². The van der Waals surface area contributed by atoms with Crippen LogP contribution in [-0.2, 0) is 9.59 Å². The SMILES string of the molecule is CCCOc1cccc(/C=C2/SC(=S)N([C@@H](C(=O)[O-])C(C)C)C2=O)c1. The van der Waals surface area contributed by atoms with E-state index in [1.165, 1.54) is 0 Å². The summed E-state index contributed by atoms with van der Waals surface area (Å²) >= 11 is 6.32. The Balaban J connectivity index is 2.27. The molecular formula is C18H20NO4S2-. The maximum absolute atomic E-state index is 12.7. The highest BCUT2D eigenvalue weighted by Gasteiger charge is 2.39. The monoisotopic (exact) mass is 378 g/mol. The van der Waals surface area contributed by atoms with Crippen molar-refractivity contribution in [2.24, 2.45) is 5.92 Å². The van der Waals surface area contributed by atoms with Gasteiger partial charge in [0.1, 0.15) is 10.1 Å². The number of carboxylic acids is 1. The summed E-state index contributed by atoms with van der Waals surface area (Å²) in [6, 6.07) is 6.31. The van der Waals surface area contributed by atoms with E-state index in [1.54, 1.807) is 19.9 Å². The molecule has 0 N–H and O–H groups in total. The second-order valence-corrected chi connectivity index (χ2v) is 7.66. The van der Waals surface area contributed by atoms with Gasteiger partial charge in [-0.2, -0.15) is 0 Å². The van der Waals surface area contributed by atoms with Crippen LogP contribution in [0.25, 0.3) is 6.08 Å². The summed E-state index contributed by atoms with van der Waals surface area (Å²) in [5.74, 6) is -1.29. The van der Waals surface area contributed by atoms with E-state index in [1.807, 2.05) is 31.2 Å². The van der Waals surface area contributed by atoms with Crippen LogP contribution in [0.4, 0.5) is 0 Å². The Hall–Kier alpha value is -1.86. The molecule has 0 bridgehead atoms. The topological polar surface area (TPSA) is 69.7 Å². The molecule has 1 aromatic carbocycles. The molecule has 1 fully saturated rings. The zero-order valence-electron chi connectivity index (χ0n) is 14.4. The molecule has 5 nitrogen and oxygen atoms in total. The number of nitrogens with zero attached hydrogens (tertiary/aromatic N) is 1. The third-order valence-corrected chi connectivity index (χ3v) is 4.93. The summed E-state index contributed by atoms with van der Waals surface area (Å²) in [7, 11) is 0. The van der Waals surface area contributed by atoms with Gasteiger partial charge in [-0.25, -0.2) is 0 Å². The minimum absolute atomic E-state index is 0.234. The minimum Gasteiger partial charge on any atom is -0.548 e. The first-order valence-corrected chi connectivity index (χ1v) is 9.28. The summed E-state index contributed by atoms with van der Waals surface area (Å²) in [6.07, 6.45) is 2.60. The summed E-state index contributed by atoms with van der Waals surface area (Å²) in [5, 5.41) is 11.4. The predicted molar refractivity (Wildman–Crippen MR) is 101 cm³/mol. The van der Waals surface area contributed by atoms with Gasteiger partial charge in [-0.05, 0) is 36.1 Å².